The highest BCUT2D eigenvalue weighted by molar-refractivity contribution is 6.09. The summed E-state index contributed by atoms with van der Waals surface area (Å²) >= 11 is 0. The number of nitrogens with zero attached hydrogens (tertiary/aromatic N) is 4. The fourth-order valence-electron chi connectivity index (χ4n) is 17.2. The first-order valence-corrected chi connectivity index (χ1v) is 34.1. The van der Waals surface area contributed by atoms with E-state index in [2.05, 4.69) is 340 Å². The van der Waals surface area contributed by atoms with Crippen molar-refractivity contribution < 1.29 is 9.47 Å². The van der Waals surface area contributed by atoms with E-state index in [1.807, 2.05) is 0 Å². The first-order valence-electron chi connectivity index (χ1n) is 34.1. The second-order valence-corrected chi connectivity index (χ2v) is 26.6. The van der Waals surface area contributed by atoms with Gasteiger partial charge in [-0.15, -0.1) is 10.2 Å². The zero-order valence-electron chi connectivity index (χ0n) is 53.9. The van der Waals surface area contributed by atoms with E-state index in [1.54, 1.807) is 0 Å². The minimum atomic E-state index is -0.714. The summed E-state index contributed by atoms with van der Waals surface area (Å²) < 4.78 is 13.8. The molecule has 6 nitrogen and oxygen atoms in total. The Kier molecular flexibility index (Phi) is 12.1. The molecular formula is C94H56N4O2. The number of hydrogen-bond acceptors (Lipinski definition) is 6. The smallest absolute Gasteiger partial charge is 0.160 e. The van der Waals surface area contributed by atoms with Gasteiger partial charge in [-0.3, -0.25) is 0 Å². The van der Waals surface area contributed by atoms with Crippen LogP contribution in [0.4, 0.5) is 0 Å². The van der Waals surface area contributed by atoms with Gasteiger partial charge in [-0.1, -0.05) is 279 Å². The molecule has 0 bridgehead atoms. The molecule has 0 saturated carbocycles. The van der Waals surface area contributed by atoms with E-state index in [0.29, 0.717) is 5.82 Å². The van der Waals surface area contributed by atoms with Gasteiger partial charge < -0.3 is 9.47 Å². The summed E-state index contributed by atoms with van der Waals surface area (Å²) in [4.78, 5) is 10.8. The Morgan fingerprint density at radius 1 is 0.220 bits per heavy atom. The summed E-state index contributed by atoms with van der Waals surface area (Å²) in [5.41, 5.74) is 27.2. The quantitative estimate of drug-likeness (QED) is 0.158. The number of rotatable bonds is 7. The molecule has 4 aliphatic rings. The van der Waals surface area contributed by atoms with E-state index in [-0.39, 0.29) is 0 Å². The number of para-hydroxylation sites is 3. The van der Waals surface area contributed by atoms with Crippen LogP contribution in [0.1, 0.15) is 44.5 Å². The minimum Gasteiger partial charge on any atom is -0.457 e. The lowest BCUT2D eigenvalue weighted by atomic mass is 9.65. The van der Waals surface area contributed by atoms with Gasteiger partial charge in [0.2, 0.25) is 0 Å². The van der Waals surface area contributed by atoms with E-state index in [9.17, 15) is 0 Å². The third-order valence-electron chi connectivity index (χ3n) is 21.6. The predicted octanol–water partition coefficient (Wildman–Crippen LogP) is 23.3. The second-order valence-electron chi connectivity index (χ2n) is 26.6. The van der Waals surface area contributed by atoms with Gasteiger partial charge in [-0.2, -0.15) is 0 Å². The molecule has 2 aliphatic heterocycles. The van der Waals surface area contributed by atoms with Gasteiger partial charge in [-0.05, 0) is 160 Å². The number of hydrogen-bond donors (Lipinski definition) is 0. The van der Waals surface area contributed by atoms with Gasteiger partial charge in [0.25, 0.3) is 0 Å². The maximum atomic E-state index is 6.97. The molecule has 21 rings (SSSR count). The molecule has 17 aromatic rings. The lowest BCUT2D eigenvalue weighted by molar-refractivity contribution is 0.436. The molecule has 1 atom stereocenters. The van der Waals surface area contributed by atoms with E-state index < -0.39 is 10.8 Å². The lowest BCUT2D eigenvalue weighted by Crippen LogP contribution is -2.32. The third-order valence-corrected chi connectivity index (χ3v) is 21.6. The summed E-state index contributed by atoms with van der Waals surface area (Å²) in [5, 5.41) is 15.1. The van der Waals surface area contributed by atoms with Gasteiger partial charge in [0.1, 0.15) is 23.0 Å². The maximum absolute atomic E-state index is 6.97. The summed E-state index contributed by atoms with van der Waals surface area (Å²) in [6.45, 7) is 0. The van der Waals surface area contributed by atoms with Gasteiger partial charge in [0.05, 0.1) is 33.4 Å². The summed E-state index contributed by atoms with van der Waals surface area (Å²) in [7, 11) is 0. The molecular weight excluding hydrogens is 1220 g/mol. The molecule has 0 radical (unpaired) electrons. The van der Waals surface area contributed by atoms with Gasteiger partial charge >= 0.3 is 0 Å². The normalized spacial score (nSPS) is 14.5. The Balaban J connectivity index is 0.644. The average molecular weight is 1270 g/mol. The van der Waals surface area contributed by atoms with E-state index >= 15 is 0 Å². The molecule has 464 valence electrons. The molecule has 0 saturated heterocycles. The van der Waals surface area contributed by atoms with Crippen molar-refractivity contribution in [3.05, 3.63) is 384 Å². The van der Waals surface area contributed by atoms with Crippen LogP contribution in [-0.2, 0) is 10.8 Å². The highest BCUT2D eigenvalue weighted by atomic mass is 16.5. The van der Waals surface area contributed by atoms with Crippen molar-refractivity contribution in [2.75, 3.05) is 0 Å². The Morgan fingerprint density at radius 3 is 1.26 bits per heavy atom. The van der Waals surface area contributed by atoms with Gasteiger partial charge in [0.15, 0.2) is 5.82 Å². The van der Waals surface area contributed by atoms with Crippen LogP contribution in [0.2, 0.25) is 0 Å². The minimum absolute atomic E-state index is 0.554. The van der Waals surface area contributed by atoms with Crippen LogP contribution in [0, 0.1) is 0 Å². The molecule has 4 heterocycles. The van der Waals surface area contributed by atoms with Crippen molar-refractivity contribution in [2.24, 2.45) is 0 Å². The Morgan fingerprint density at radius 2 is 0.630 bits per heavy atom. The Bertz CT molecular complexity index is 6250. The third kappa shape index (κ3) is 8.13. The number of ether oxygens (including phenoxy) is 2. The highest BCUT2D eigenvalue weighted by Gasteiger charge is 2.53. The number of aromatic nitrogens is 4. The predicted molar refractivity (Wildman–Crippen MR) is 403 cm³/mol. The van der Waals surface area contributed by atoms with Gasteiger partial charge in [-0.25, -0.2) is 9.97 Å². The van der Waals surface area contributed by atoms with Crippen LogP contribution < -0.4 is 9.47 Å². The molecule has 6 heteroatoms. The summed E-state index contributed by atoms with van der Waals surface area (Å²) in [6.07, 6.45) is 0. The van der Waals surface area contributed by atoms with Crippen LogP contribution in [0.5, 0.6) is 23.0 Å². The Hall–Kier alpha value is -13.2. The van der Waals surface area contributed by atoms with E-state index in [4.69, 9.17) is 29.6 Å². The zero-order chi connectivity index (χ0) is 65.6. The van der Waals surface area contributed by atoms with Crippen LogP contribution in [-0.4, -0.2) is 20.2 Å². The molecule has 2 aromatic heterocycles. The standard InChI is InChI=1S/C94H56N4O2/c1-2-20-65-59(18-1)19-15-28-73(65)86-51-50-84(97-98-86)60-42-38-57(39-43-60)63-48-53-90-83(55-63)94(80-34-11-14-37-88(80)100-90)78-32-9-5-23-71(78)72-49-46-64(56-81(72)94)66-25-16-27-68-67(66)26-17-29-74(68)91-75-24-6-12-35-85(75)95-92(96-91)61-44-40-58(41-45-61)62-47-52-89-82(54-62)93(79-33-10-13-36-87(79)99-89)76-30-7-3-21-69(76)70-22-4-8-31-77(70)93/h1-56H. The molecule has 1 unspecified atom stereocenters. The Labute approximate surface area is 577 Å². The first-order chi connectivity index (χ1) is 49.5. The largest absolute Gasteiger partial charge is 0.457 e. The summed E-state index contributed by atoms with van der Waals surface area (Å²) in [5.74, 6) is 4.10. The van der Waals surface area contributed by atoms with Crippen LogP contribution in [0.25, 0.3) is 133 Å². The highest BCUT2D eigenvalue weighted by Crippen LogP contribution is 2.65. The van der Waals surface area contributed by atoms with Crippen molar-refractivity contribution in [1.82, 2.24) is 20.2 Å². The van der Waals surface area contributed by atoms with E-state index in [1.165, 1.54) is 49.9 Å². The first kappa shape index (κ1) is 56.1. The maximum Gasteiger partial charge on any atom is 0.160 e. The fourth-order valence-corrected chi connectivity index (χ4v) is 17.2. The number of fused-ring (bicyclic) bond motifs is 21. The molecule has 0 N–H and O–H groups in total. The zero-order valence-corrected chi connectivity index (χ0v) is 53.9. The van der Waals surface area contributed by atoms with Crippen LogP contribution in [0.3, 0.4) is 0 Å². The lowest BCUT2D eigenvalue weighted by Gasteiger charge is -2.39. The van der Waals surface area contributed by atoms with Crippen molar-refractivity contribution in [2.45, 2.75) is 10.8 Å². The fraction of sp³-hybridized carbons (Fsp3) is 0.0213. The van der Waals surface area contributed by atoms with Crippen molar-refractivity contribution >= 4 is 32.4 Å². The molecule has 2 aliphatic carbocycles. The van der Waals surface area contributed by atoms with E-state index in [0.717, 1.165) is 145 Å². The van der Waals surface area contributed by atoms with Crippen molar-refractivity contribution in [3.63, 3.8) is 0 Å². The molecule has 15 aromatic carbocycles. The van der Waals surface area contributed by atoms with Crippen molar-refractivity contribution in [1.29, 1.82) is 0 Å². The van der Waals surface area contributed by atoms with Crippen LogP contribution >= 0.6 is 0 Å². The monoisotopic (exact) mass is 1270 g/mol. The van der Waals surface area contributed by atoms with Crippen LogP contribution in [0.15, 0.2) is 340 Å². The number of benzene rings is 15. The molecule has 100 heavy (non-hydrogen) atoms. The van der Waals surface area contributed by atoms with Crippen molar-refractivity contribution in [3.8, 4) is 124 Å². The van der Waals surface area contributed by atoms with Gasteiger partial charge in [0, 0.05) is 49.9 Å². The summed E-state index contributed by atoms with van der Waals surface area (Å²) in [6, 6.07) is 122. The topological polar surface area (TPSA) is 70.0 Å². The second kappa shape index (κ2) is 21.7. The molecule has 0 fully saturated rings. The SMILES string of the molecule is c1ccc2c(c1)Oc1ccc(-c3ccc(-c4nc(-c5cccc6c(-c7ccc8c(c7)C7(c9ccccc9Oc9ccc(-c%10ccc(-c%11ccc(-c%12cccc%13ccccc%12%13)nn%11)cc%10)cc97)c7ccccc7-8)cccc56)c5ccccc5n4)cc3)cc1C21c2ccccc2-c2ccccc21. The molecule has 0 amide bonds. The molecule has 2 spiro atoms. The average Bonchev–Trinajstić information content (AvgIpc) is 1.49.